The van der Waals surface area contributed by atoms with Crippen LogP contribution in [-0.2, 0) is 4.74 Å². The average molecular weight is 254 g/mol. The van der Waals surface area contributed by atoms with E-state index in [1.54, 1.807) is 6.20 Å². The van der Waals surface area contributed by atoms with Crippen molar-refractivity contribution in [1.82, 2.24) is 4.98 Å². The van der Waals surface area contributed by atoms with Crippen LogP contribution >= 0.6 is 11.3 Å². The normalized spacial score (nSPS) is 16.6. The molecule has 2 rings (SSSR count). The van der Waals surface area contributed by atoms with E-state index >= 15 is 0 Å². The lowest BCUT2D eigenvalue weighted by atomic mass is 10.1. The maximum Gasteiger partial charge on any atom is 0.349 e. The molecule has 1 aliphatic rings. The second kappa shape index (κ2) is 5.49. The molecule has 1 N–H and O–H groups in total. The van der Waals surface area contributed by atoms with Gasteiger partial charge in [0.2, 0.25) is 0 Å². The van der Waals surface area contributed by atoms with Gasteiger partial charge in [0, 0.05) is 6.04 Å². The Labute approximate surface area is 105 Å². The van der Waals surface area contributed by atoms with E-state index in [1.165, 1.54) is 37.7 Å². The van der Waals surface area contributed by atoms with Gasteiger partial charge in [-0.3, -0.25) is 0 Å². The maximum absolute atomic E-state index is 11.3. The topological polar surface area (TPSA) is 51.2 Å². The fraction of sp³-hybridized carbons (Fsp3) is 0.667. The van der Waals surface area contributed by atoms with Gasteiger partial charge in [-0.1, -0.05) is 31.1 Å². The number of ether oxygens (including phenoxy) is 1. The Balaban J connectivity index is 1.92. The molecule has 0 aromatic carbocycles. The van der Waals surface area contributed by atoms with Gasteiger partial charge in [0.15, 0.2) is 5.13 Å². The fourth-order valence-electron chi connectivity index (χ4n) is 1.79. The first kappa shape index (κ1) is 12.4. The maximum atomic E-state index is 11.3. The number of hydrogen-bond acceptors (Lipinski definition) is 5. The molecule has 0 radical (unpaired) electrons. The highest BCUT2D eigenvalue weighted by Gasteiger charge is 2.25. The summed E-state index contributed by atoms with van der Waals surface area (Å²) in [5.41, 5.74) is 0. The van der Waals surface area contributed by atoms with Crippen molar-refractivity contribution < 1.29 is 9.53 Å². The Morgan fingerprint density at radius 1 is 1.71 bits per heavy atom. The zero-order valence-corrected chi connectivity index (χ0v) is 11.0. The van der Waals surface area contributed by atoms with E-state index in [9.17, 15) is 4.79 Å². The largest absolute Gasteiger partial charge is 0.465 e. The summed E-state index contributed by atoms with van der Waals surface area (Å²) in [5, 5.41) is 4.22. The number of rotatable bonds is 6. The van der Waals surface area contributed by atoms with Crippen LogP contribution in [0, 0.1) is 5.92 Å². The van der Waals surface area contributed by atoms with Crippen LogP contribution in [0.15, 0.2) is 6.20 Å². The fourth-order valence-corrected chi connectivity index (χ4v) is 2.61. The smallest absolute Gasteiger partial charge is 0.349 e. The van der Waals surface area contributed by atoms with Crippen molar-refractivity contribution in [2.75, 3.05) is 12.4 Å². The highest BCUT2D eigenvalue weighted by molar-refractivity contribution is 7.17. The molecule has 1 aliphatic carbocycles. The Hall–Kier alpha value is -1.10. The van der Waals surface area contributed by atoms with Crippen LogP contribution in [0.25, 0.3) is 0 Å². The molecule has 1 heterocycles. The molecule has 0 aliphatic heterocycles. The average Bonchev–Trinajstić information content (AvgIpc) is 3.04. The second-order valence-electron chi connectivity index (χ2n) is 4.45. The first-order valence-corrected chi connectivity index (χ1v) is 6.85. The van der Waals surface area contributed by atoms with Gasteiger partial charge in [-0.15, -0.1) is 0 Å². The summed E-state index contributed by atoms with van der Waals surface area (Å²) >= 11 is 1.36. The SMILES string of the molecule is CCC(CC1CC1)Nc1ncc(C(=O)OC)s1. The number of hydrogen-bond donors (Lipinski definition) is 1. The van der Waals surface area contributed by atoms with Crippen molar-refractivity contribution >= 4 is 22.4 Å². The van der Waals surface area contributed by atoms with E-state index in [0.717, 1.165) is 17.5 Å². The number of nitrogens with zero attached hydrogens (tertiary/aromatic N) is 1. The Morgan fingerprint density at radius 3 is 3.06 bits per heavy atom. The number of carbonyl (C=O) groups excluding carboxylic acids is 1. The Morgan fingerprint density at radius 2 is 2.47 bits per heavy atom. The molecule has 0 spiro atoms. The van der Waals surface area contributed by atoms with Gasteiger partial charge in [-0.25, -0.2) is 9.78 Å². The van der Waals surface area contributed by atoms with Crippen molar-refractivity contribution in [1.29, 1.82) is 0 Å². The predicted molar refractivity (Wildman–Crippen MR) is 68.5 cm³/mol. The van der Waals surface area contributed by atoms with Crippen molar-refractivity contribution in [2.45, 2.75) is 38.6 Å². The van der Waals surface area contributed by atoms with Crippen molar-refractivity contribution in [3.05, 3.63) is 11.1 Å². The summed E-state index contributed by atoms with van der Waals surface area (Å²) in [5.74, 6) is 0.582. The second-order valence-corrected chi connectivity index (χ2v) is 5.48. The Kier molecular flexibility index (Phi) is 3.99. The predicted octanol–water partition coefficient (Wildman–Crippen LogP) is 2.92. The number of methoxy groups -OCH3 is 1. The molecule has 94 valence electrons. The van der Waals surface area contributed by atoms with Crippen molar-refractivity contribution in [2.24, 2.45) is 5.92 Å². The summed E-state index contributed by atoms with van der Waals surface area (Å²) in [6.07, 6.45) is 6.60. The lowest BCUT2D eigenvalue weighted by molar-refractivity contribution is 0.0606. The molecule has 1 fully saturated rings. The summed E-state index contributed by atoms with van der Waals surface area (Å²) in [6.45, 7) is 2.18. The molecule has 0 saturated heterocycles. The number of esters is 1. The van der Waals surface area contributed by atoms with Crippen LogP contribution in [0.4, 0.5) is 5.13 Å². The highest BCUT2D eigenvalue weighted by atomic mass is 32.1. The third kappa shape index (κ3) is 3.43. The molecule has 1 atom stereocenters. The quantitative estimate of drug-likeness (QED) is 0.793. The molecular formula is C12H18N2O2S. The first-order valence-electron chi connectivity index (χ1n) is 6.03. The standard InChI is InChI=1S/C12H18N2O2S/c1-3-9(6-8-4-5-8)14-12-13-7-10(17-12)11(15)16-2/h7-9H,3-6H2,1-2H3,(H,13,14). The van der Waals surface area contributed by atoms with Crippen LogP contribution in [0.2, 0.25) is 0 Å². The van der Waals surface area contributed by atoms with E-state index in [0.29, 0.717) is 10.9 Å². The number of thiazole rings is 1. The minimum Gasteiger partial charge on any atom is -0.465 e. The lowest BCUT2D eigenvalue weighted by Gasteiger charge is -2.15. The molecule has 17 heavy (non-hydrogen) atoms. The minimum atomic E-state index is -0.314. The monoisotopic (exact) mass is 254 g/mol. The number of nitrogens with one attached hydrogen (secondary N) is 1. The van der Waals surface area contributed by atoms with Gasteiger partial charge in [0.1, 0.15) is 4.88 Å². The molecule has 5 heteroatoms. The van der Waals surface area contributed by atoms with Crippen LogP contribution in [0.5, 0.6) is 0 Å². The van der Waals surface area contributed by atoms with Crippen LogP contribution in [-0.4, -0.2) is 24.1 Å². The number of anilines is 1. The molecule has 1 saturated carbocycles. The van der Waals surface area contributed by atoms with Crippen LogP contribution in [0.3, 0.4) is 0 Å². The number of carbonyl (C=O) groups is 1. The van der Waals surface area contributed by atoms with E-state index < -0.39 is 0 Å². The van der Waals surface area contributed by atoms with Gasteiger partial charge in [0.05, 0.1) is 13.3 Å². The zero-order valence-electron chi connectivity index (χ0n) is 10.2. The third-order valence-electron chi connectivity index (χ3n) is 3.03. The van der Waals surface area contributed by atoms with E-state index in [-0.39, 0.29) is 5.97 Å². The molecule has 0 bridgehead atoms. The first-order chi connectivity index (χ1) is 8.22. The van der Waals surface area contributed by atoms with Gasteiger partial charge >= 0.3 is 5.97 Å². The molecule has 4 nitrogen and oxygen atoms in total. The highest BCUT2D eigenvalue weighted by Crippen LogP contribution is 2.35. The van der Waals surface area contributed by atoms with E-state index in [4.69, 9.17) is 0 Å². The van der Waals surface area contributed by atoms with Gasteiger partial charge in [-0.05, 0) is 18.8 Å². The summed E-state index contributed by atoms with van der Waals surface area (Å²) in [4.78, 5) is 16.0. The third-order valence-corrected chi connectivity index (χ3v) is 3.94. The summed E-state index contributed by atoms with van der Waals surface area (Å²) < 4.78 is 4.66. The van der Waals surface area contributed by atoms with Gasteiger partial charge in [0.25, 0.3) is 0 Å². The van der Waals surface area contributed by atoms with Gasteiger partial charge < -0.3 is 10.1 Å². The van der Waals surface area contributed by atoms with Gasteiger partial charge in [-0.2, -0.15) is 0 Å². The Bertz CT molecular complexity index is 388. The molecule has 0 amide bonds. The van der Waals surface area contributed by atoms with Crippen molar-refractivity contribution in [3.63, 3.8) is 0 Å². The molecule has 1 aromatic heterocycles. The lowest BCUT2D eigenvalue weighted by Crippen LogP contribution is -2.18. The molecule has 1 aromatic rings. The molecule has 1 unspecified atom stereocenters. The molecular weight excluding hydrogens is 236 g/mol. The minimum absolute atomic E-state index is 0.314. The summed E-state index contributed by atoms with van der Waals surface area (Å²) in [7, 11) is 1.39. The number of aromatic nitrogens is 1. The van der Waals surface area contributed by atoms with E-state index in [2.05, 4.69) is 22.0 Å². The van der Waals surface area contributed by atoms with Crippen LogP contribution in [0.1, 0.15) is 42.3 Å². The summed E-state index contributed by atoms with van der Waals surface area (Å²) in [6, 6.07) is 0.471. The van der Waals surface area contributed by atoms with E-state index in [1.807, 2.05) is 0 Å². The van der Waals surface area contributed by atoms with Crippen LogP contribution < -0.4 is 5.32 Å². The van der Waals surface area contributed by atoms with Crippen molar-refractivity contribution in [3.8, 4) is 0 Å². The zero-order chi connectivity index (χ0) is 12.3.